The summed E-state index contributed by atoms with van der Waals surface area (Å²) in [5.41, 5.74) is -0.387. The molecular weight excluding hydrogens is 519 g/mol. The maximum absolute atomic E-state index is 11.8. The summed E-state index contributed by atoms with van der Waals surface area (Å²) in [7, 11) is 0. The van der Waals surface area contributed by atoms with Crippen LogP contribution in [-0.2, 0) is 19.2 Å². The molecule has 2 unspecified atom stereocenters. The summed E-state index contributed by atoms with van der Waals surface area (Å²) in [4.78, 5) is 45.3. The molecule has 9 aliphatic rings. The van der Waals surface area contributed by atoms with E-state index in [1.807, 2.05) is 0 Å². The van der Waals surface area contributed by atoms with Gasteiger partial charge in [0.2, 0.25) is 15.7 Å². The van der Waals surface area contributed by atoms with Crippen LogP contribution in [0.2, 0.25) is 0 Å². The SMILES string of the molecule is O=C(Cl)C12CC3CC(CC(C3)C1)C2.O=C(Cl)C1CCCCC1.O=C1C2CC3CC1CC(C(=O)Cl)(C3)C2. The van der Waals surface area contributed by atoms with Gasteiger partial charge in [-0.15, -0.1) is 0 Å². The lowest BCUT2D eigenvalue weighted by molar-refractivity contribution is -0.152. The quantitative estimate of drug-likeness (QED) is 0.338. The van der Waals surface area contributed by atoms with E-state index in [-0.39, 0.29) is 44.3 Å². The van der Waals surface area contributed by atoms with Crippen LogP contribution in [0.15, 0.2) is 0 Å². The van der Waals surface area contributed by atoms with Crippen molar-refractivity contribution in [1.82, 2.24) is 0 Å². The van der Waals surface area contributed by atoms with E-state index in [2.05, 4.69) is 0 Å². The molecule has 0 aromatic heterocycles. The van der Waals surface area contributed by atoms with Crippen LogP contribution >= 0.6 is 34.8 Å². The summed E-state index contributed by atoms with van der Waals surface area (Å²) < 4.78 is 0. The number of Topliss-reactive ketones (excluding diaryl/α,β-unsaturated/α-hetero) is 1. The molecule has 0 N–H and O–H groups in total. The molecule has 8 bridgehead atoms. The van der Waals surface area contributed by atoms with Crippen molar-refractivity contribution in [2.75, 3.05) is 0 Å². The number of ketones is 1. The van der Waals surface area contributed by atoms with Crippen molar-refractivity contribution in [3.05, 3.63) is 0 Å². The zero-order valence-electron chi connectivity index (χ0n) is 21.1. The van der Waals surface area contributed by atoms with Crippen molar-refractivity contribution < 1.29 is 19.2 Å². The highest BCUT2D eigenvalue weighted by Gasteiger charge is 2.58. The Hall–Kier alpha value is -0.450. The Labute approximate surface area is 229 Å². The lowest BCUT2D eigenvalue weighted by Gasteiger charge is -2.55. The van der Waals surface area contributed by atoms with Crippen molar-refractivity contribution in [2.24, 2.45) is 52.3 Å². The molecule has 9 saturated carbocycles. The number of carbonyl (C=O) groups is 4. The smallest absolute Gasteiger partial charge is 0.227 e. The molecule has 7 heteroatoms. The Balaban J connectivity index is 0.000000114. The fourth-order valence-corrected chi connectivity index (χ4v) is 10.3. The summed E-state index contributed by atoms with van der Waals surface area (Å²) >= 11 is 16.8. The average molecular weight is 558 g/mol. The molecule has 0 aliphatic heterocycles. The highest BCUT2D eigenvalue weighted by molar-refractivity contribution is 6.65. The summed E-state index contributed by atoms with van der Waals surface area (Å²) in [6.45, 7) is 0. The van der Waals surface area contributed by atoms with E-state index in [0.29, 0.717) is 11.7 Å². The molecule has 0 spiro atoms. The van der Waals surface area contributed by atoms with Crippen molar-refractivity contribution in [3.63, 3.8) is 0 Å². The number of carbonyl (C=O) groups excluding carboxylic acids is 4. The van der Waals surface area contributed by atoms with Gasteiger partial charge in [-0.05, 0) is 142 Å². The van der Waals surface area contributed by atoms with Gasteiger partial charge in [0.15, 0.2) is 0 Å². The molecule has 4 nitrogen and oxygen atoms in total. The Morgan fingerprint density at radius 2 is 0.972 bits per heavy atom. The van der Waals surface area contributed by atoms with Crippen LogP contribution in [0.5, 0.6) is 0 Å². The van der Waals surface area contributed by atoms with Gasteiger partial charge in [-0.3, -0.25) is 19.2 Å². The molecule has 0 heterocycles. The fraction of sp³-hybridized carbons (Fsp3) is 0.862. The molecular formula is C29H39Cl3O4. The lowest BCUT2D eigenvalue weighted by Crippen LogP contribution is -2.53. The topological polar surface area (TPSA) is 68.3 Å². The average Bonchev–Trinajstić information content (AvgIpc) is 2.82. The van der Waals surface area contributed by atoms with Crippen LogP contribution < -0.4 is 0 Å². The van der Waals surface area contributed by atoms with Crippen LogP contribution in [0.1, 0.15) is 103 Å². The van der Waals surface area contributed by atoms with Gasteiger partial charge in [0.05, 0.1) is 0 Å². The monoisotopic (exact) mass is 556 g/mol. The molecule has 0 aromatic rings. The van der Waals surface area contributed by atoms with Gasteiger partial charge in [-0.1, -0.05) is 19.3 Å². The van der Waals surface area contributed by atoms with Gasteiger partial charge in [0.25, 0.3) is 0 Å². The second kappa shape index (κ2) is 10.6. The van der Waals surface area contributed by atoms with E-state index in [0.717, 1.165) is 82.0 Å². The van der Waals surface area contributed by atoms with Crippen LogP contribution in [-0.4, -0.2) is 21.5 Å². The Bertz CT molecular complexity index is 855. The number of hydrogen-bond donors (Lipinski definition) is 0. The van der Waals surface area contributed by atoms with Gasteiger partial charge in [0, 0.05) is 28.6 Å². The molecule has 9 fully saturated rings. The molecule has 200 valence electrons. The van der Waals surface area contributed by atoms with E-state index < -0.39 is 0 Å². The third kappa shape index (κ3) is 5.34. The maximum Gasteiger partial charge on any atom is 0.227 e. The van der Waals surface area contributed by atoms with Gasteiger partial charge < -0.3 is 0 Å². The number of rotatable bonds is 3. The van der Waals surface area contributed by atoms with E-state index >= 15 is 0 Å². The van der Waals surface area contributed by atoms with Gasteiger partial charge in [-0.2, -0.15) is 0 Å². The third-order valence-corrected chi connectivity index (χ3v) is 11.9. The Morgan fingerprint density at radius 3 is 1.33 bits per heavy atom. The van der Waals surface area contributed by atoms with E-state index in [4.69, 9.17) is 34.8 Å². The van der Waals surface area contributed by atoms with Crippen LogP contribution in [0.3, 0.4) is 0 Å². The number of hydrogen-bond acceptors (Lipinski definition) is 4. The van der Waals surface area contributed by atoms with Gasteiger partial charge >= 0.3 is 0 Å². The van der Waals surface area contributed by atoms with Crippen LogP contribution in [0.25, 0.3) is 0 Å². The molecule has 9 aliphatic carbocycles. The van der Waals surface area contributed by atoms with Gasteiger partial charge in [-0.25, -0.2) is 0 Å². The minimum atomic E-state index is -0.314. The van der Waals surface area contributed by atoms with Crippen LogP contribution in [0.4, 0.5) is 0 Å². The summed E-state index contributed by atoms with van der Waals surface area (Å²) in [5, 5.41) is -0.356. The normalized spacial score (nSPS) is 43.8. The molecule has 0 aromatic carbocycles. The first-order valence-corrected chi connectivity index (χ1v) is 15.4. The van der Waals surface area contributed by atoms with E-state index in [1.54, 1.807) is 0 Å². The highest BCUT2D eigenvalue weighted by atomic mass is 35.5. The minimum absolute atomic E-state index is 0.0356. The Kier molecular flexibility index (Phi) is 7.99. The molecule has 0 amide bonds. The van der Waals surface area contributed by atoms with E-state index in [1.165, 1.54) is 38.5 Å². The minimum Gasteiger partial charge on any atom is -0.299 e. The van der Waals surface area contributed by atoms with Crippen LogP contribution in [0, 0.1) is 52.3 Å². The molecule has 0 saturated heterocycles. The molecule has 2 atom stereocenters. The third-order valence-electron chi connectivity index (χ3n) is 10.8. The predicted molar refractivity (Wildman–Crippen MR) is 141 cm³/mol. The standard InChI is InChI=1S/C11H13ClO2.C11H15ClO.C7H11ClO/c12-10(14)11-3-6-1-7(4-11)9(13)8(2-6)5-11;12-10(13)11-4-7-1-8(5-11)3-9(2-7)6-11;8-7(9)6-4-2-1-3-5-6/h6-8H,1-5H2;7-9H,1-6H2;6H,1-5H2. The molecule has 36 heavy (non-hydrogen) atoms. The molecule has 9 rings (SSSR count). The van der Waals surface area contributed by atoms with E-state index in [9.17, 15) is 19.2 Å². The summed E-state index contributed by atoms with van der Waals surface area (Å²) in [6.07, 6.45) is 17.6. The van der Waals surface area contributed by atoms with Crippen molar-refractivity contribution in [3.8, 4) is 0 Å². The zero-order chi connectivity index (χ0) is 25.7. The van der Waals surface area contributed by atoms with Crippen molar-refractivity contribution >= 4 is 56.3 Å². The van der Waals surface area contributed by atoms with Crippen molar-refractivity contribution in [1.29, 1.82) is 0 Å². The number of halogens is 3. The maximum atomic E-state index is 11.8. The second-order valence-electron chi connectivity index (χ2n) is 13.4. The fourth-order valence-electron chi connectivity index (χ4n) is 9.67. The first-order valence-electron chi connectivity index (χ1n) is 14.2. The van der Waals surface area contributed by atoms with Crippen molar-refractivity contribution in [2.45, 2.75) is 103 Å². The molecule has 0 radical (unpaired) electrons. The Morgan fingerprint density at radius 1 is 0.583 bits per heavy atom. The summed E-state index contributed by atoms with van der Waals surface area (Å²) in [5.74, 6) is 3.98. The predicted octanol–water partition coefficient (Wildman–Crippen LogP) is 7.45. The first-order chi connectivity index (χ1) is 17.1. The zero-order valence-corrected chi connectivity index (χ0v) is 23.4. The first kappa shape index (κ1) is 27.1. The van der Waals surface area contributed by atoms with Gasteiger partial charge in [0.1, 0.15) is 5.78 Å². The second-order valence-corrected chi connectivity index (χ2v) is 14.5. The summed E-state index contributed by atoms with van der Waals surface area (Å²) in [6, 6.07) is 0. The highest BCUT2D eigenvalue weighted by Crippen LogP contribution is 2.61. The largest absolute Gasteiger partial charge is 0.299 e. The lowest BCUT2D eigenvalue weighted by atomic mass is 9.49.